The fraction of sp³-hybridized carbons (Fsp3) is 0.400. The number of hydrogen-bond donors (Lipinski definition) is 1. The molecule has 0 spiro atoms. The minimum absolute atomic E-state index is 0.00858. The molecule has 3 aromatic heterocycles. The molecule has 2 atom stereocenters. The summed E-state index contributed by atoms with van der Waals surface area (Å²) in [5.41, 5.74) is 3.21. The highest BCUT2D eigenvalue weighted by atomic mass is 35.5. The van der Waals surface area contributed by atoms with Crippen LogP contribution in [0.15, 0.2) is 24.5 Å². The Morgan fingerprint density at radius 1 is 1.14 bits per heavy atom. The molecule has 11 heteroatoms. The Morgan fingerprint density at radius 3 is 2.69 bits per heavy atom. The minimum atomic E-state index is -0.343. The summed E-state index contributed by atoms with van der Waals surface area (Å²) in [6, 6.07) is 3.47. The van der Waals surface area contributed by atoms with Gasteiger partial charge in [0.2, 0.25) is 5.91 Å². The van der Waals surface area contributed by atoms with Gasteiger partial charge in [0.05, 0.1) is 48.6 Å². The summed E-state index contributed by atoms with van der Waals surface area (Å²) in [4.78, 5) is 42.1. The summed E-state index contributed by atoms with van der Waals surface area (Å²) in [5, 5.41) is 3.68. The summed E-state index contributed by atoms with van der Waals surface area (Å²) in [6.07, 6.45) is 5.77. The first-order valence-corrected chi connectivity index (χ1v) is 12.8. The molecule has 2 aliphatic rings. The van der Waals surface area contributed by atoms with E-state index in [0.29, 0.717) is 40.7 Å². The van der Waals surface area contributed by atoms with E-state index in [0.717, 1.165) is 35.5 Å². The number of carbonyl (C=O) groups excluding carboxylic acids is 2. The SMILES string of the molecule is COc1cnc(Cl)cc1-c1cc(C)ncc1C(=O)Nc1nc2c(s1)CN(C(=O)C1CCC(OC)C1)C2. The summed E-state index contributed by atoms with van der Waals surface area (Å²) in [6.45, 7) is 2.82. The molecule has 0 saturated heterocycles. The summed E-state index contributed by atoms with van der Waals surface area (Å²) in [7, 11) is 3.24. The van der Waals surface area contributed by atoms with E-state index in [1.165, 1.54) is 30.8 Å². The van der Waals surface area contributed by atoms with Gasteiger partial charge in [-0.1, -0.05) is 22.9 Å². The molecule has 1 aliphatic carbocycles. The van der Waals surface area contributed by atoms with Gasteiger partial charge in [-0.15, -0.1) is 0 Å². The van der Waals surface area contributed by atoms with Gasteiger partial charge in [-0.05, 0) is 38.3 Å². The van der Waals surface area contributed by atoms with Crippen LogP contribution in [-0.4, -0.2) is 52.0 Å². The summed E-state index contributed by atoms with van der Waals surface area (Å²) < 4.78 is 10.9. The van der Waals surface area contributed by atoms with Gasteiger partial charge < -0.3 is 14.4 Å². The number of carbonyl (C=O) groups is 2. The average molecular weight is 528 g/mol. The van der Waals surface area contributed by atoms with Crippen molar-refractivity contribution in [1.82, 2.24) is 19.9 Å². The monoisotopic (exact) mass is 527 g/mol. The third kappa shape index (κ3) is 4.80. The summed E-state index contributed by atoms with van der Waals surface area (Å²) in [5.74, 6) is 0.320. The van der Waals surface area contributed by atoms with E-state index in [9.17, 15) is 9.59 Å². The van der Waals surface area contributed by atoms with E-state index >= 15 is 0 Å². The molecule has 1 fully saturated rings. The Bertz CT molecular complexity index is 1310. The number of fused-ring (bicyclic) bond motifs is 1. The Kier molecular flexibility index (Phi) is 6.92. The van der Waals surface area contributed by atoms with Gasteiger partial charge in [0.15, 0.2) is 5.13 Å². The minimum Gasteiger partial charge on any atom is -0.494 e. The normalized spacial score (nSPS) is 18.8. The number of amides is 2. The van der Waals surface area contributed by atoms with Gasteiger partial charge in [-0.2, -0.15) is 0 Å². The van der Waals surface area contributed by atoms with Crippen LogP contribution in [0.5, 0.6) is 5.75 Å². The van der Waals surface area contributed by atoms with Crippen molar-refractivity contribution >= 4 is 39.9 Å². The average Bonchev–Trinajstić information content (AvgIpc) is 3.58. The Hall–Kier alpha value is -3.08. The lowest BCUT2D eigenvalue weighted by Crippen LogP contribution is -2.31. The van der Waals surface area contributed by atoms with Crippen molar-refractivity contribution in [2.24, 2.45) is 5.92 Å². The number of thiazole rings is 1. The number of pyridine rings is 2. The van der Waals surface area contributed by atoms with Crippen LogP contribution in [0.2, 0.25) is 5.15 Å². The molecule has 0 radical (unpaired) electrons. The molecular weight excluding hydrogens is 502 g/mol. The van der Waals surface area contributed by atoms with Gasteiger partial charge in [0.25, 0.3) is 5.91 Å². The van der Waals surface area contributed by atoms with Crippen molar-refractivity contribution in [2.75, 3.05) is 19.5 Å². The number of nitrogens with zero attached hydrogens (tertiary/aromatic N) is 4. The summed E-state index contributed by atoms with van der Waals surface area (Å²) >= 11 is 7.52. The third-order valence-corrected chi connectivity index (χ3v) is 7.89. The predicted octanol–water partition coefficient (Wildman–Crippen LogP) is 4.48. The second-order valence-electron chi connectivity index (χ2n) is 8.98. The number of aromatic nitrogens is 3. The first kappa shape index (κ1) is 24.6. The predicted molar refractivity (Wildman–Crippen MR) is 136 cm³/mol. The number of ether oxygens (including phenoxy) is 2. The van der Waals surface area contributed by atoms with Crippen LogP contribution in [0.25, 0.3) is 11.1 Å². The van der Waals surface area contributed by atoms with Crippen molar-refractivity contribution in [2.45, 2.75) is 45.4 Å². The second kappa shape index (κ2) is 10.1. The molecule has 2 unspecified atom stereocenters. The van der Waals surface area contributed by atoms with E-state index in [1.807, 2.05) is 17.9 Å². The van der Waals surface area contributed by atoms with Crippen LogP contribution >= 0.6 is 22.9 Å². The Labute approximate surface area is 217 Å². The zero-order valence-electron chi connectivity index (χ0n) is 20.2. The van der Waals surface area contributed by atoms with Gasteiger partial charge in [0.1, 0.15) is 10.9 Å². The van der Waals surface area contributed by atoms with Gasteiger partial charge >= 0.3 is 0 Å². The van der Waals surface area contributed by atoms with E-state index in [4.69, 9.17) is 21.1 Å². The lowest BCUT2D eigenvalue weighted by atomic mass is 10.0. The standard InChI is InChI=1S/C25H26ClN5O4S/c1-13-6-16(17-8-22(26)28-10-20(17)35-3)18(9-27-13)23(32)30-25-29-19-11-31(12-21(19)36-25)24(33)14-4-5-15(7-14)34-2/h6,8-10,14-15H,4-5,7,11-12H2,1-3H3,(H,29,30,32). The highest BCUT2D eigenvalue weighted by Crippen LogP contribution is 2.37. The first-order valence-electron chi connectivity index (χ1n) is 11.6. The maximum atomic E-state index is 13.3. The molecule has 188 valence electrons. The third-order valence-electron chi connectivity index (χ3n) is 6.68. The number of rotatable bonds is 6. The maximum absolute atomic E-state index is 13.3. The van der Waals surface area contributed by atoms with Crippen molar-refractivity contribution in [3.05, 3.63) is 51.5 Å². The van der Waals surface area contributed by atoms with Crippen LogP contribution in [0.4, 0.5) is 5.13 Å². The highest BCUT2D eigenvalue weighted by Gasteiger charge is 2.36. The van der Waals surface area contributed by atoms with E-state index < -0.39 is 0 Å². The Balaban J connectivity index is 1.32. The number of methoxy groups -OCH3 is 2. The molecule has 1 aliphatic heterocycles. The second-order valence-corrected chi connectivity index (χ2v) is 10.5. The largest absolute Gasteiger partial charge is 0.494 e. The highest BCUT2D eigenvalue weighted by molar-refractivity contribution is 7.16. The van der Waals surface area contributed by atoms with Crippen molar-refractivity contribution < 1.29 is 19.1 Å². The van der Waals surface area contributed by atoms with Crippen molar-refractivity contribution in [1.29, 1.82) is 0 Å². The molecule has 1 saturated carbocycles. The molecule has 4 heterocycles. The van der Waals surface area contributed by atoms with Gasteiger partial charge in [0, 0.05) is 36.0 Å². The molecule has 9 nitrogen and oxygen atoms in total. The fourth-order valence-electron chi connectivity index (χ4n) is 4.80. The maximum Gasteiger partial charge on any atom is 0.259 e. The Morgan fingerprint density at radius 2 is 1.97 bits per heavy atom. The van der Waals surface area contributed by atoms with Crippen LogP contribution in [0.3, 0.4) is 0 Å². The van der Waals surface area contributed by atoms with E-state index in [2.05, 4.69) is 20.3 Å². The quantitative estimate of drug-likeness (QED) is 0.471. The fourth-order valence-corrected chi connectivity index (χ4v) is 5.94. The van der Waals surface area contributed by atoms with E-state index in [1.54, 1.807) is 13.2 Å². The first-order chi connectivity index (χ1) is 17.4. The molecule has 0 aromatic carbocycles. The van der Waals surface area contributed by atoms with Crippen LogP contribution in [0.1, 0.15) is 45.9 Å². The van der Waals surface area contributed by atoms with E-state index in [-0.39, 0.29) is 29.0 Å². The smallest absolute Gasteiger partial charge is 0.259 e. The molecular formula is C25H26ClN5O4S. The topological polar surface area (TPSA) is 107 Å². The molecule has 0 bridgehead atoms. The lowest BCUT2D eigenvalue weighted by Gasteiger charge is -2.20. The van der Waals surface area contributed by atoms with Gasteiger partial charge in [-0.3, -0.25) is 19.9 Å². The van der Waals surface area contributed by atoms with Crippen LogP contribution < -0.4 is 10.1 Å². The zero-order valence-corrected chi connectivity index (χ0v) is 21.8. The number of hydrogen-bond acceptors (Lipinski definition) is 8. The lowest BCUT2D eigenvalue weighted by molar-refractivity contribution is -0.136. The molecule has 3 aromatic rings. The number of halogens is 1. The number of aryl methyl sites for hydroxylation is 1. The molecule has 36 heavy (non-hydrogen) atoms. The molecule has 5 rings (SSSR count). The van der Waals surface area contributed by atoms with Crippen LogP contribution in [0, 0.1) is 12.8 Å². The van der Waals surface area contributed by atoms with Crippen molar-refractivity contribution in [3.8, 4) is 16.9 Å². The molecule has 1 N–H and O–H groups in total. The molecule has 2 amide bonds. The zero-order chi connectivity index (χ0) is 25.4. The van der Waals surface area contributed by atoms with Gasteiger partial charge in [-0.25, -0.2) is 9.97 Å². The van der Waals surface area contributed by atoms with Crippen LogP contribution in [-0.2, 0) is 22.6 Å². The number of nitrogens with one attached hydrogen (secondary N) is 1. The number of anilines is 1. The van der Waals surface area contributed by atoms with Crippen molar-refractivity contribution in [3.63, 3.8) is 0 Å².